The Hall–Kier alpha value is -2.15. The largest absolute Gasteiger partial charge is 0.384 e. The van der Waals surface area contributed by atoms with E-state index in [4.69, 9.17) is 5.73 Å². The van der Waals surface area contributed by atoms with Gasteiger partial charge in [0, 0.05) is 23.4 Å². The number of nitrogens with one attached hydrogen (secondary N) is 1. The lowest BCUT2D eigenvalue weighted by molar-refractivity contribution is -0.384. The van der Waals surface area contributed by atoms with E-state index in [1.807, 2.05) is 24.4 Å². The van der Waals surface area contributed by atoms with Crippen molar-refractivity contribution in [2.24, 2.45) is 0 Å². The smallest absolute Gasteiger partial charge is 0.311 e. The highest BCUT2D eigenvalue weighted by molar-refractivity contribution is 7.09. The van der Waals surface area contributed by atoms with Gasteiger partial charge >= 0.3 is 5.69 Å². The molecule has 2 heterocycles. The third-order valence-electron chi connectivity index (χ3n) is 2.56. The van der Waals surface area contributed by atoms with Crippen LogP contribution in [0.5, 0.6) is 0 Å². The number of nitrogens with two attached hydrogens (primary N) is 1. The normalized spacial score (nSPS) is 12.1. The molecule has 100 valence electrons. The van der Waals surface area contributed by atoms with Gasteiger partial charge in [0.2, 0.25) is 5.82 Å². The van der Waals surface area contributed by atoms with E-state index in [1.165, 1.54) is 17.0 Å². The van der Waals surface area contributed by atoms with Gasteiger partial charge in [-0.25, -0.2) is 4.98 Å². The summed E-state index contributed by atoms with van der Waals surface area (Å²) in [6, 6.07) is 6.83. The number of nitrogens with zero attached hydrogens (tertiary/aromatic N) is 2. The molecule has 0 saturated carbocycles. The zero-order valence-electron chi connectivity index (χ0n) is 10.4. The summed E-state index contributed by atoms with van der Waals surface area (Å²) in [6.07, 6.45) is 0.783. The minimum atomic E-state index is -0.466. The summed E-state index contributed by atoms with van der Waals surface area (Å²) >= 11 is 1.66. The molecular weight excluding hydrogens is 264 g/mol. The maximum atomic E-state index is 10.9. The van der Waals surface area contributed by atoms with Gasteiger partial charge in [0.1, 0.15) is 5.82 Å². The highest BCUT2D eigenvalue weighted by atomic mass is 32.1. The molecule has 1 unspecified atom stereocenters. The van der Waals surface area contributed by atoms with Crippen molar-refractivity contribution in [2.75, 3.05) is 11.1 Å². The molecule has 2 aromatic rings. The van der Waals surface area contributed by atoms with E-state index in [0.29, 0.717) is 0 Å². The lowest BCUT2D eigenvalue weighted by atomic mass is 10.2. The molecule has 0 radical (unpaired) electrons. The first kappa shape index (κ1) is 13.3. The molecule has 0 fully saturated rings. The molecule has 0 aliphatic rings. The summed E-state index contributed by atoms with van der Waals surface area (Å²) in [5.41, 5.74) is 5.50. The van der Waals surface area contributed by atoms with Gasteiger partial charge < -0.3 is 11.1 Å². The summed E-state index contributed by atoms with van der Waals surface area (Å²) in [7, 11) is 0. The number of anilines is 2. The Bertz CT molecular complexity index is 571. The lowest BCUT2D eigenvalue weighted by Gasteiger charge is -2.13. The standard InChI is InChI=1S/C12H14N4O2S/c1-8(7-9-3-2-6-19-9)14-12-10(16(17)18)4-5-11(13)15-12/h2-6,8H,7H2,1H3,(H3,13,14,15). The fourth-order valence-electron chi connectivity index (χ4n) is 1.74. The molecule has 0 aliphatic heterocycles. The fourth-order valence-corrected chi connectivity index (χ4v) is 2.57. The van der Waals surface area contributed by atoms with Crippen molar-refractivity contribution in [2.45, 2.75) is 19.4 Å². The molecule has 2 rings (SSSR count). The third-order valence-corrected chi connectivity index (χ3v) is 3.46. The Balaban J connectivity index is 2.13. The zero-order chi connectivity index (χ0) is 13.8. The number of thiophene rings is 1. The van der Waals surface area contributed by atoms with Crippen molar-refractivity contribution < 1.29 is 4.92 Å². The van der Waals surface area contributed by atoms with Crippen LogP contribution in [0, 0.1) is 10.1 Å². The van der Waals surface area contributed by atoms with Crippen LogP contribution in [0.2, 0.25) is 0 Å². The van der Waals surface area contributed by atoms with E-state index in [1.54, 1.807) is 11.3 Å². The Morgan fingerprint density at radius 3 is 2.95 bits per heavy atom. The monoisotopic (exact) mass is 278 g/mol. The number of rotatable bonds is 5. The van der Waals surface area contributed by atoms with Crippen molar-refractivity contribution in [3.05, 3.63) is 44.6 Å². The van der Waals surface area contributed by atoms with Crippen LogP contribution in [0.1, 0.15) is 11.8 Å². The predicted octanol–water partition coefficient (Wildman–Crippen LogP) is 2.68. The summed E-state index contributed by atoms with van der Waals surface area (Å²) in [6.45, 7) is 1.95. The van der Waals surface area contributed by atoms with Gasteiger partial charge in [-0.2, -0.15) is 0 Å². The molecule has 1 atom stereocenters. The lowest BCUT2D eigenvalue weighted by Crippen LogP contribution is -2.19. The molecule has 19 heavy (non-hydrogen) atoms. The Kier molecular flexibility index (Phi) is 3.96. The summed E-state index contributed by atoms with van der Waals surface area (Å²) in [5.74, 6) is 0.477. The average molecular weight is 278 g/mol. The third kappa shape index (κ3) is 3.41. The van der Waals surface area contributed by atoms with Gasteiger partial charge in [-0.05, 0) is 24.4 Å². The van der Waals surface area contributed by atoms with Gasteiger partial charge in [0.15, 0.2) is 0 Å². The number of aromatic nitrogens is 1. The Morgan fingerprint density at radius 1 is 1.53 bits per heavy atom. The van der Waals surface area contributed by atoms with Crippen LogP contribution in [0.4, 0.5) is 17.3 Å². The summed E-state index contributed by atoms with van der Waals surface area (Å²) < 4.78 is 0. The van der Waals surface area contributed by atoms with E-state index >= 15 is 0 Å². The highest BCUT2D eigenvalue weighted by Gasteiger charge is 2.17. The first-order valence-corrected chi connectivity index (χ1v) is 6.64. The van der Waals surface area contributed by atoms with Crippen LogP contribution >= 0.6 is 11.3 Å². The minimum Gasteiger partial charge on any atom is -0.384 e. The van der Waals surface area contributed by atoms with Crippen LogP contribution in [0.15, 0.2) is 29.6 Å². The maximum Gasteiger partial charge on any atom is 0.311 e. The number of pyridine rings is 1. The van der Waals surface area contributed by atoms with Gasteiger partial charge in [-0.1, -0.05) is 6.07 Å². The summed E-state index contributed by atoms with van der Waals surface area (Å²) in [5, 5.41) is 16.0. The zero-order valence-corrected chi connectivity index (χ0v) is 11.2. The van der Waals surface area contributed by atoms with Gasteiger partial charge in [0.25, 0.3) is 0 Å². The van der Waals surface area contributed by atoms with Crippen LogP contribution in [0.3, 0.4) is 0 Å². The maximum absolute atomic E-state index is 10.9. The van der Waals surface area contributed by atoms with E-state index in [0.717, 1.165) is 6.42 Å². The molecule has 0 aliphatic carbocycles. The van der Waals surface area contributed by atoms with Gasteiger partial charge in [-0.15, -0.1) is 11.3 Å². The molecule has 0 aromatic carbocycles. The molecule has 0 amide bonds. The van der Waals surface area contributed by atoms with E-state index in [9.17, 15) is 10.1 Å². The van der Waals surface area contributed by atoms with Crippen molar-refractivity contribution in [1.29, 1.82) is 0 Å². The average Bonchev–Trinajstić information content (AvgIpc) is 2.81. The van der Waals surface area contributed by atoms with E-state index < -0.39 is 4.92 Å². The highest BCUT2D eigenvalue weighted by Crippen LogP contribution is 2.24. The molecule has 0 spiro atoms. The number of hydrogen-bond acceptors (Lipinski definition) is 6. The topological polar surface area (TPSA) is 94.1 Å². The molecule has 6 nitrogen and oxygen atoms in total. The first-order chi connectivity index (χ1) is 9.06. The Labute approximate surface area is 114 Å². The molecule has 0 saturated heterocycles. The minimum absolute atomic E-state index is 0.0339. The SMILES string of the molecule is CC(Cc1cccs1)Nc1nc(N)ccc1[N+](=O)[O-]. The van der Waals surface area contributed by atoms with Crippen molar-refractivity contribution in [1.82, 2.24) is 4.98 Å². The van der Waals surface area contributed by atoms with Crippen molar-refractivity contribution in [3.63, 3.8) is 0 Å². The molecule has 7 heteroatoms. The fraction of sp³-hybridized carbons (Fsp3) is 0.250. The number of nitro groups is 1. The quantitative estimate of drug-likeness (QED) is 0.647. The molecule has 0 bridgehead atoms. The summed E-state index contributed by atoms with van der Waals surface area (Å²) in [4.78, 5) is 15.7. The van der Waals surface area contributed by atoms with Crippen LogP contribution < -0.4 is 11.1 Å². The van der Waals surface area contributed by atoms with Crippen LogP contribution in [-0.2, 0) is 6.42 Å². The second kappa shape index (κ2) is 5.66. The van der Waals surface area contributed by atoms with Crippen LogP contribution in [0.25, 0.3) is 0 Å². The number of nitrogen functional groups attached to an aromatic ring is 1. The second-order valence-corrected chi connectivity index (χ2v) is 5.22. The first-order valence-electron chi connectivity index (χ1n) is 5.76. The Morgan fingerprint density at radius 2 is 2.32 bits per heavy atom. The van der Waals surface area contributed by atoms with Gasteiger partial charge in [-0.3, -0.25) is 10.1 Å². The second-order valence-electron chi connectivity index (χ2n) is 4.19. The van der Waals surface area contributed by atoms with E-state index in [-0.39, 0.29) is 23.4 Å². The van der Waals surface area contributed by atoms with Crippen molar-refractivity contribution in [3.8, 4) is 0 Å². The van der Waals surface area contributed by atoms with Crippen molar-refractivity contribution >= 4 is 28.7 Å². The molecule has 2 aromatic heterocycles. The molecule has 3 N–H and O–H groups in total. The van der Waals surface area contributed by atoms with E-state index in [2.05, 4.69) is 10.3 Å². The van der Waals surface area contributed by atoms with Crippen LogP contribution in [-0.4, -0.2) is 15.9 Å². The number of hydrogen-bond donors (Lipinski definition) is 2. The van der Waals surface area contributed by atoms with Gasteiger partial charge in [0.05, 0.1) is 4.92 Å². The predicted molar refractivity (Wildman–Crippen MR) is 76.4 cm³/mol. The molecular formula is C12H14N4O2S.